The first-order chi connectivity index (χ1) is 7.77. The highest BCUT2D eigenvalue weighted by Crippen LogP contribution is 2.22. The van der Waals surface area contributed by atoms with Gasteiger partial charge in [0.25, 0.3) is 0 Å². The Hall–Kier alpha value is -0.0800. The molecule has 0 spiro atoms. The fourth-order valence-corrected chi connectivity index (χ4v) is 2.66. The molecule has 0 bridgehead atoms. The Morgan fingerprint density at radius 2 is 2.00 bits per heavy atom. The lowest BCUT2D eigenvalue weighted by atomic mass is 9.92. The summed E-state index contributed by atoms with van der Waals surface area (Å²) in [7, 11) is 0. The molecule has 0 aliphatic heterocycles. The summed E-state index contributed by atoms with van der Waals surface area (Å²) in [5.74, 6) is 0.717. The van der Waals surface area contributed by atoms with E-state index >= 15 is 0 Å². The summed E-state index contributed by atoms with van der Waals surface area (Å²) in [6.45, 7) is 8.74. The van der Waals surface area contributed by atoms with Gasteiger partial charge in [-0.2, -0.15) is 0 Å². The summed E-state index contributed by atoms with van der Waals surface area (Å²) < 4.78 is 6.10. The summed E-state index contributed by atoms with van der Waals surface area (Å²) in [5.41, 5.74) is 0. The molecular weight excluding hydrogens is 198 g/mol. The molecule has 1 aliphatic rings. The number of likely N-dealkylation sites (N-methyl/N-ethyl adjacent to an activating group) is 1. The zero-order valence-corrected chi connectivity index (χ0v) is 11.3. The van der Waals surface area contributed by atoms with Gasteiger partial charge in [-0.15, -0.1) is 0 Å². The highest BCUT2D eigenvalue weighted by atomic mass is 16.5. The molecule has 96 valence electrons. The summed E-state index contributed by atoms with van der Waals surface area (Å²) in [4.78, 5) is 0. The number of rotatable bonds is 7. The maximum Gasteiger partial charge on any atom is 0.0728 e. The third-order valence-corrected chi connectivity index (χ3v) is 3.55. The zero-order valence-electron chi connectivity index (χ0n) is 11.3. The normalized spacial score (nSPS) is 27.9. The van der Waals surface area contributed by atoms with Crippen LogP contribution in [0, 0.1) is 5.92 Å². The molecule has 1 N–H and O–H groups in total. The Bertz CT molecular complexity index is 170. The van der Waals surface area contributed by atoms with Gasteiger partial charge in [0.2, 0.25) is 0 Å². The van der Waals surface area contributed by atoms with E-state index in [1.165, 1.54) is 38.5 Å². The largest absolute Gasteiger partial charge is 0.376 e. The standard InChI is InChI=1S/C14H29NO/c1-4-8-12(3)11-16-14-10-7-6-9-13(14)15-5-2/h12-15H,4-11H2,1-3H3. The van der Waals surface area contributed by atoms with E-state index < -0.39 is 0 Å². The van der Waals surface area contributed by atoms with Crippen molar-refractivity contribution in [2.24, 2.45) is 5.92 Å². The molecule has 1 rings (SSSR count). The van der Waals surface area contributed by atoms with Crippen LogP contribution in [0.15, 0.2) is 0 Å². The van der Waals surface area contributed by atoms with Crippen LogP contribution in [0.1, 0.15) is 59.3 Å². The minimum Gasteiger partial charge on any atom is -0.376 e. The van der Waals surface area contributed by atoms with Gasteiger partial charge in [-0.1, -0.05) is 40.0 Å². The number of nitrogens with one attached hydrogen (secondary N) is 1. The fraction of sp³-hybridized carbons (Fsp3) is 1.00. The fourth-order valence-electron chi connectivity index (χ4n) is 2.66. The van der Waals surface area contributed by atoms with Crippen molar-refractivity contribution in [3.05, 3.63) is 0 Å². The number of hydrogen-bond donors (Lipinski definition) is 1. The van der Waals surface area contributed by atoms with Crippen molar-refractivity contribution in [3.63, 3.8) is 0 Å². The van der Waals surface area contributed by atoms with Crippen molar-refractivity contribution in [3.8, 4) is 0 Å². The number of ether oxygens (including phenoxy) is 1. The van der Waals surface area contributed by atoms with Crippen LogP contribution < -0.4 is 5.32 Å². The van der Waals surface area contributed by atoms with Crippen LogP contribution in [0.3, 0.4) is 0 Å². The molecular formula is C14H29NO. The molecule has 0 amide bonds. The first kappa shape index (κ1) is 14.0. The summed E-state index contributed by atoms with van der Waals surface area (Å²) in [6.07, 6.45) is 8.27. The quantitative estimate of drug-likeness (QED) is 0.720. The van der Waals surface area contributed by atoms with Crippen molar-refractivity contribution < 1.29 is 4.74 Å². The Labute approximate surface area is 101 Å². The second kappa shape index (κ2) is 8.08. The van der Waals surface area contributed by atoms with Gasteiger partial charge in [0.1, 0.15) is 0 Å². The van der Waals surface area contributed by atoms with E-state index in [-0.39, 0.29) is 0 Å². The predicted octanol–water partition coefficient (Wildman–Crippen LogP) is 3.36. The van der Waals surface area contributed by atoms with E-state index in [1.807, 2.05) is 0 Å². The molecule has 1 aliphatic carbocycles. The molecule has 0 saturated heterocycles. The molecule has 16 heavy (non-hydrogen) atoms. The van der Waals surface area contributed by atoms with E-state index in [0.29, 0.717) is 18.1 Å². The van der Waals surface area contributed by atoms with Crippen LogP contribution in [0.5, 0.6) is 0 Å². The molecule has 2 nitrogen and oxygen atoms in total. The second-order valence-electron chi connectivity index (χ2n) is 5.21. The SMILES string of the molecule is CCCC(C)COC1CCCCC1NCC. The van der Waals surface area contributed by atoms with Gasteiger partial charge in [0.15, 0.2) is 0 Å². The highest BCUT2D eigenvalue weighted by Gasteiger charge is 2.25. The van der Waals surface area contributed by atoms with Gasteiger partial charge in [0, 0.05) is 12.6 Å². The van der Waals surface area contributed by atoms with Gasteiger partial charge in [0.05, 0.1) is 6.10 Å². The van der Waals surface area contributed by atoms with Crippen LogP contribution in [0.2, 0.25) is 0 Å². The molecule has 0 aromatic heterocycles. The summed E-state index contributed by atoms with van der Waals surface area (Å²) >= 11 is 0. The lowest BCUT2D eigenvalue weighted by Crippen LogP contribution is -2.44. The highest BCUT2D eigenvalue weighted by molar-refractivity contribution is 4.81. The monoisotopic (exact) mass is 227 g/mol. The molecule has 0 heterocycles. The van der Waals surface area contributed by atoms with E-state index in [0.717, 1.165) is 13.2 Å². The average Bonchev–Trinajstić information content (AvgIpc) is 2.29. The van der Waals surface area contributed by atoms with E-state index in [4.69, 9.17) is 4.74 Å². The summed E-state index contributed by atoms with van der Waals surface area (Å²) in [6, 6.07) is 0.604. The number of hydrogen-bond acceptors (Lipinski definition) is 2. The second-order valence-corrected chi connectivity index (χ2v) is 5.21. The zero-order chi connectivity index (χ0) is 11.8. The van der Waals surface area contributed by atoms with Crippen LogP contribution in [0.25, 0.3) is 0 Å². The van der Waals surface area contributed by atoms with E-state index in [9.17, 15) is 0 Å². The Morgan fingerprint density at radius 3 is 2.69 bits per heavy atom. The van der Waals surface area contributed by atoms with Crippen molar-refractivity contribution >= 4 is 0 Å². The maximum absolute atomic E-state index is 6.10. The average molecular weight is 227 g/mol. The molecule has 2 heteroatoms. The molecule has 3 unspecified atom stereocenters. The first-order valence-electron chi connectivity index (χ1n) is 7.12. The van der Waals surface area contributed by atoms with Gasteiger partial charge in [-0.25, -0.2) is 0 Å². The molecule has 3 atom stereocenters. The Morgan fingerprint density at radius 1 is 1.25 bits per heavy atom. The summed E-state index contributed by atoms with van der Waals surface area (Å²) in [5, 5.41) is 3.57. The third kappa shape index (κ3) is 4.84. The predicted molar refractivity (Wildman–Crippen MR) is 69.7 cm³/mol. The third-order valence-electron chi connectivity index (χ3n) is 3.55. The molecule has 1 saturated carbocycles. The lowest BCUT2D eigenvalue weighted by Gasteiger charge is -2.32. The molecule has 0 radical (unpaired) electrons. The lowest BCUT2D eigenvalue weighted by molar-refractivity contribution is -0.0107. The van der Waals surface area contributed by atoms with Crippen LogP contribution >= 0.6 is 0 Å². The topological polar surface area (TPSA) is 21.3 Å². The van der Waals surface area contributed by atoms with Crippen molar-refractivity contribution in [2.75, 3.05) is 13.2 Å². The van der Waals surface area contributed by atoms with Crippen molar-refractivity contribution in [2.45, 2.75) is 71.4 Å². The minimum atomic E-state index is 0.466. The van der Waals surface area contributed by atoms with Crippen molar-refractivity contribution in [1.29, 1.82) is 0 Å². The Balaban J connectivity index is 2.26. The maximum atomic E-state index is 6.10. The van der Waals surface area contributed by atoms with Crippen LogP contribution in [-0.2, 0) is 4.74 Å². The van der Waals surface area contributed by atoms with E-state index in [1.54, 1.807) is 0 Å². The first-order valence-corrected chi connectivity index (χ1v) is 7.12. The van der Waals surface area contributed by atoms with Crippen molar-refractivity contribution in [1.82, 2.24) is 5.32 Å². The van der Waals surface area contributed by atoms with E-state index in [2.05, 4.69) is 26.1 Å². The minimum absolute atomic E-state index is 0.466. The van der Waals surface area contributed by atoms with Gasteiger partial charge >= 0.3 is 0 Å². The van der Waals surface area contributed by atoms with Gasteiger partial charge < -0.3 is 10.1 Å². The molecule has 1 fully saturated rings. The van der Waals surface area contributed by atoms with Crippen LogP contribution in [-0.4, -0.2) is 25.3 Å². The molecule has 0 aromatic rings. The van der Waals surface area contributed by atoms with Gasteiger partial charge in [-0.3, -0.25) is 0 Å². The Kier molecular flexibility index (Phi) is 7.06. The smallest absolute Gasteiger partial charge is 0.0728 e. The van der Waals surface area contributed by atoms with Crippen LogP contribution in [0.4, 0.5) is 0 Å². The molecule has 0 aromatic carbocycles. The van der Waals surface area contributed by atoms with Gasteiger partial charge in [-0.05, 0) is 31.7 Å².